The van der Waals surface area contributed by atoms with E-state index < -0.39 is 17.3 Å². The number of hydrogen-bond donors (Lipinski definition) is 2. The van der Waals surface area contributed by atoms with Gasteiger partial charge in [-0.1, -0.05) is 0 Å². The van der Waals surface area contributed by atoms with E-state index in [4.69, 9.17) is 5.11 Å². The molecule has 0 radical (unpaired) electrons. The first-order valence-electron chi connectivity index (χ1n) is 5.71. The highest BCUT2D eigenvalue weighted by molar-refractivity contribution is 7.90. The second-order valence-corrected chi connectivity index (χ2v) is 7.38. The highest BCUT2D eigenvalue weighted by Gasteiger charge is 2.32. The summed E-state index contributed by atoms with van der Waals surface area (Å²) < 4.78 is 14.7. The zero-order valence-corrected chi connectivity index (χ0v) is 11.0. The minimum atomic E-state index is -1.05. The smallest absolute Gasteiger partial charge is 0.306 e. The van der Waals surface area contributed by atoms with Crippen LogP contribution >= 0.6 is 0 Å². The first kappa shape index (κ1) is 13.8. The van der Waals surface area contributed by atoms with E-state index in [-0.39, 0.29) is 16.7 Å². The van der Waals surface area contributed by atoms with Crippen molar-refractivity contribution in [2.75, 3.05) is 0 Å². The molecule has 0 bridgehead atoms. The molecule has 1 saturated carbocycles. The Morgan fingerprint density at radius 3 is 2.19 bits per heavy atom. The fraction of sp³-hybridized carbons (Fsp3) is 0.909. The predicted octanol–water partition coefficient (Wildman–Crippen LogP) is 1.68. The van der Waals surface area contributed by atoms with Crippen LogP contribution in [0.15, 0.2) is 0 Å². The molecule has 0 aromatic rings. The quantitative estimate of drug-likeness (QED) is 0.744. The molecule has 5 heteroatoms. The molecule has 0 saturated heterocycles. The number of aliphatic carboxylic acids is 1. The van der Waals surface area contributed by atoms with Crippen LogP contribution in [-0.4, -0.2) is 26.4 Å². The average Bonchev–Trinajstić information content (AvgIpc) is 2.17. The molecule has 0 amide bonds. The molecular formula is C11H21NO3S. The van der Waals surface area contributed by atoms with Crippen molar-refractivity contribution in [2.24, 2.45) is 5.92 Å². The third-order valence-electron chi connectivity index (χ3n) is 2.91. The fourth-order valence-corrected chi connectivity index (χ4v) is 2.68. The molecule has 94 valence electrons. The Morgan fingerprint density at radius 1 is 1.31 bits per heavy atom. The van der Waals surface area contributed by atoms with E-state index in [1.165, 1.54) is 0 Å². The molecule has 1 atom stereocenters. The van der Waals surface area contributed by atoms with Gasteiger partial charge in [0.25, 0.3) is 0 Å². The van der Waals surface area contributed by atoms with Crippen LogP contribution in [0, 0.1) is 5.92 Å². The van der Waals surface area contributed by atoms with Gasteiger partial charge in [-0.15, -0.1) is 4.72 Å². The number of nitrogens with one attached hydrogen (secondary N) is 1. The molecule has 0 heterocycles. The lowest BCUT2D eigenvalue weighted by Crippen LogP contribution is -2.46. The van der Waals surface area contributed by atoms with Gasteiger partial charge in [-0.2, -0.15) is 0 Å². The maximum Gasteiger partial charge on any atom is 0.306 e. The number of carboxylic acid groups (broad SMARTS) is 1. The Bertz CT molecular complexity index is 244. The van der Waals surface area contributed by atoms with Gasteiger partial charge in [-0.05, 0) is 46.5 Å². The van der Waals surface area contributed by atoms with Crippen LogP contribution < -0.4 is 4.72 Å². The predicted molar refractivity (Wildman–Crippen MR) is 64.4 cm³/mol. The van der Waals surface area contributed by atoms with Crippen LogP contribution in [0.4, 0.5) is 0 Å². The van der Waals surface area contributed by atoms with Crippen molar-refractivity contribution < 1.29 is 14.5 Å². The summed E-state index contributed by atoms with van der Waals surface area (Å²) in [7, 11) is 0. The Balaban J connectivity index is 2.35. The molecule has 0 aromatic heterocycles. The Hall–Kier alpha value is -0.260. The van der Waals surface area contributed by atoms with Crippen LogP contribution in [0.2, 0.25) is 0 Å². The normalized spacial score (nSPS) is 28.8. The van der Waals surface area contributed by atoms with Crippen molar-refractivity contribution in [2.45, 2.75) is 57.2 Å². The van der Waals surface area contributed by atoms with Gasteiger partial charge in [0, 0.05) is 11.4 Å². The van der Waals surface area contributed by atoms with E-state index in [1.807, 2.05) is 20.8 Å². The minimum absolute atomic E-state index is 0.204. The maximum atomic E-state index is 11.8. The van der Waals surface area contributed by atoms with Crippen LogP contribution in [0.1, 0.15) is 46.5 Å². The second kappa shape index (κ2) is 5.38. The summed E-state index contributed by atoms with van der Waals surface area (Å²) >= 11 is -1.05. The third-order valence-corrected chi connectivity index (χ3v) is 4.57. The van der Waals surface area contributed by atoms with Crippen LogP contribution in [0.25, 0.3) is 0 Å². The van der Waals surface area contributed by atoms with E-state index in [1.54, 1.807) is 0 Å². The van der Waals surface area contributed by atoms with Crippen LogP contribution in [0.3, 0.4) is 0 Å². The first-order chi connectivity index (χ1) is 7.30. The summed E-state index contributed by atoms with van der Waals surface area (Å²) in [6, 6.07) is 0.204. The summed E-state index contributed by atoms with van der Waals surface area (Å²) in [4.78, 5) is 10.8. The van der Waals surface area contributed by atoms with Crippen molar-refractivity contribution in [3.63, 3.8) is 0 Å². The van der Waals surface area contributed by atoms with Gasteiger partial charge < -0.3 is 9.66 Å². The molecule has 0 aliphatic heterocycles. The average molecular weight is 247 g/mol. The lowest BCUT2D eigenvalue weighted by molar-refractivity contribution is -0.142. The molecular weight excluding hydrogens is 226 g/mol. The van der Waals surface area contributed by atoms with E-state index in [9.17, 15) is 9.35 Å². The number of carboxylic acids is 1. The highest BCUT2D eigenvalue weighted by Crippen LogP contribution is 2.26. The zero-order chi connectivity index (χ0) is 12.3. The summed E-state index contributed by atoms with van der Waals surface area (Å²) in [5, 5.41) is 8.86. The van der Waals surface area contributed by atoms with Gasteiger partial charge in [-0.25, -0.2) is 0 Å². The summed E-state index contributed by atoms with van der Waals surface area (Å²) in [5.74, 6) is -0.906. The molecule has 0 aromatic carbocycles. The first-order valence-corrected chi connectivity index (χ1v) is 6.86. The fourth-order valence-electron chi connectivity index (χ4n) is 1.79. The monoisotopic (exact) mass is 247 g/mol. The summed E-state index contributed by atoms with van der Waals surface area (Å²) in [6.45, 7) is 5.79. The molecule has 1 fully saturated rings. The molecule has 1 rings (SSSR count). The van der Waals surface area contributed by atoms with Crippen molar-refractivity contribution in [1.82, 2.24) is 4.72 Å². The van der Waals surface area contributed by atoms with E-state index in [2.05, 4.69) is 4.72 Å². The number of carbonyl (C=O) groups is 1. The third kappa shape index (κ3) is 3.96. The SMILES string of the molecule is CC(C)(C)[S+]([O-])NC1CCC(C(=O)O)CC1. The van der Waals surface area contributed by atoms with Crippen molar-refractivity contribution >= 4 is 17.3 Å². The Morgan fingerprint density at radius 2 is 1.81 bits per heavy atom. The van der Waals surface area contributed by atoms with E-state index in [0.717, 1.165) is 12.8 Å². The van der Waals surface area contributed by atoms with Gasteiger partial charge in [-0.3, -0.25) is 4.79 Å². The van der Waals surface area contributed by atoms with E-state index >= 15 is 0 Å². The summed E-state index contributed by atoms with van der Waals surface area (Å²) in [5.41, 5.74) is 0. The van der Waals surface area contributed by atoms with Crippen molar-refractivity contribution in [3.8, 4) is 0 Å². The molecule has 1 aliphatic rings. The number of rotatable bonds is 3. The van der Waals surface area contributed by atoms with Gasteiger partial charge in [0.05, 0.1) is 12.0 Å². The molecule has 2 N–H and O–H groups in total. The van der Waals surface area contributed by atoms with Gasteiger partial charge >= 0.3 is 5.97 Å². The van der Waals surface area contributed by atoms with E-state index in [0.29, 0.717) is 12.8 Å². The van der Waals surface area contributed by atoms with Gasteiger partial charge in [0.1, 0.15) is 4.75 Å². The zero-order valence-electron chi connectivity index (χ0n) is 10.2. The van der Waals surface area contributed by atoms with Crippen molar-refractivity contribution in [3.05, 3.63) is 0 Å². The topological polar surface area (TPSA) is 72.4 Å². The summed E-state index contributed by atoms with van der Waals surface area (Å²) in [6.07, 6.45) is 2.99. The molecule has 16 heavy (non-hydrogen) atoms. The largest absolute Gasteiger partial charge is 0.598 e. The van der Waals surface area contributed by atoms with Gasteiger partial charge in [0.15, 0.2) is 0 Å². The molecule has 1 unspecified atom stereocenters. The van der Waals surface area contributed by atoms with Crippen LogP contribution in [0.5, 0.6) is 0 Å². The van der Waals surface area contributed by atoms with Gasteiger partial charge in [0.2, 0.25) is 0 Å². The Labute approximate surface area is 100 Å². The molecule has 0 spiro atoms. The minimum Gasteiger partial charge on any atom is -0.598 e. The lowest BCUT2D eigenvalue weighted by Gasteiger charge is -2.31. The second-order valence-electron chi connectivity index (χ2n) is 5.39. The maximum absolute atomic E-state index is 11.8. The standard InChI is InChI=1S/C11H21NO3S/c1-11(2,3)16(15)12-9-6-4-8(5-7-9)10(13)14/h8-9,12H,4-7H2,1-3H3,(H,13,14). The molecule has 1 aliphatic carbocycles. The lowest BCUT2D eigenvalue weighted by atomic mass is 9.87. The Kier molecular flexibility index (Phi) is 4.64. The molecule has 4 nitrogen and oxygen atoms in total. The van der Waals surface area contributed by atoms with Crippen molar-refractivity contribution in [1.29, 1.82) is 0 Å². The highest BCUT2D eigenvalue weighted by atomic mass is 32.2. The van der Waals surface area contributed by atoms with Crippen LogP contribution in [-0.2, 0) is 16.2 Å². The number of hydrogen-bond acceptors (Lipinski definition) is 3.